The predicted molar refractivity (Wildman–Crippen MR) is 76.2 cm³/mol. The molecule has 1 amide bonds. The van der Waals surface area contributed by atoms with E-state index in [9.17, 15) is 4.79 Å². The van der Waals surface area contributed by atoms with Crippen LogP contribution in [0.1, 0.15) is 15.9 Å². The zero-order valence-electron chi connectivity index (χ0n) is 10.3. The second-order valence-corrected chi connectivity index (χ2v) is 4.42. The van der Waals surface area contributed by atoms with Gasteiger partial charge in [0.1, 0.15) is 5.82 Å². The molecule has 98 valence electrons. The number of nitrogen functional groups attached to an aromatic ring is 1. The van der Waals surface area contributed by atoms with Crippen molar-refractivity contribution in [3.05, 3.63) is 52.7 Å². The zero-order chi connectivity index (χ0) is 13.8. The van der Waals surface area contributed by atoms with Gasteiger partial charge >= 0.3 is 0 Å². The lowest BCUT2D eigenvalue weighted by Crippen LogP contribution is -2.14. The van der Waals surface area contributed by atoms with Crippen LogP contribution in [0, 0.1) is 6.92 Å². The van der Waals surface area contributed by atoms with E-state index in [1.54, 1.807) is 24.3 Å². The van der Waals surface area contributed by atoms with Gasteiger partial charge in [-0.05, 0) is 36.8 Å². The first kappa shape index (κ1) is 13.3. The van der Waals surface area contributed by atoms with Crippen LogP contribution in [0.5, 0.6) is 0 Å². The molecule has 1 heterocycles. The van der Waals surface area contributed by atoms with Gasteiger partial charge in [0.25, 0.3) is 5.91 Å². The summed E-state index contributed by atoms with van der Waals surface area (Å²) in [5.41, 5.74) is 4.42. The SMILES string of the molecule is Cc1ccc(NC(=O)c2ccc(NN)nc2)c(Cl)c1. The number of carbonyl (C=O) groups is 1. The average Bonchev–Trinajstić information content (AvgIpc) is 2.42. The number of hydrogen-bond acceptors (Lipinski definition) is 4. The van der Waals surface area contributed by atoms with Gasteiger partial charge in [0.15, 0.2) is 0 Å². The number of nitrogens with zero attached hydrogens (tertiary/aromatic N) is 1. The van der Waals surface area contributed by atoms with E-state index >= 15 is 0 Å². The van der Waals surface area contributed by atoms with Gasteiger partial charge in [-0.3, -0.25) is 4.79 Å². The van der Waals surface area contributed by atoms with E-state index in [0.717, 1.165) is 5.56 Å². The molecule has 0 unspecified atom stereocenters. The molecule has 0 spiro atoms. The van der Waals surface area contributed by atoms with Crippen LogP contribution in [0.25, 0.3) is 0 Å². The van der Waals surface area contributed by atoms with Crippen molar-refractivity contribution >= 4 is 29.0 Å². The van der Waals surface area contributed by atoms with Crippen molar-refractivity contribution in [2.75, 3.05) is 10.7 Å². The number of hydrogen-bond donors (Lipinski definition) is 3. The van der Waals surface area contributed by atoms with Gasteiger partial charge in [-0.25, -0.2) is 10.8 Å². The molecule has 0 fully saturated rings. The van der Waals surface area contributed by atoms with Gasteiger partial charge in [0.05, 0.1) is 16.3 Å². The third-order valence-electron chi connectivity index (χ3n) is 2.55. The topological polar surface area (TPSA) is 80.0 Å². The molecular formula is C13H13ClN4O. The Bertz CT molecular complexity index is 598. The van der Waals surface area contributed by atoms with E-state index < -0.39 is 0 Å². The quantitative estimate of drug-likeness (QED) is 0.595. The molecule has 2 rings (SSSR count). The minimum atomic E-state index is -0.276. The molecule has 6 heteroatoms. The molecular weight excluding hydrogens is 264 g/mol. The van der Waals surface area contributed by atoms with Crippen molar-refractivity contribution in [3.63, 3.8) is 0 Å². The summed E-state index contributed by atoms with van der Waals surface area (Å²) in [6, 6.07) is 8.67. The first-order chi connectivity index (χ1) is 9.10. The van der Waals surface area contributed by atoms with Crippen LogP contribution in [0.2, 0.25) is 5.02 Å². The molecule has 0 aliphatic carbocycles. The maximum atomic E-state index is 12.0. The summed E-state index contributed by atoms with van der Waals surface area (Å²) in [5.74, 6) is 5.42. The number of amides is 1. The lowest BCUT2D eigenvalue weighted by Gasteiger charge is -2.08. The second-order valence-electron chi connectivity index (χ2n) is 4.01. The van der Waals surface area contributed by atoms with Crippen molar-refractivity contribution < 1.29 is 4.79 Å². The smallest absolute Gasteiger partial charge is 0.257 e. The number of nitrogens with one attached hydrogen (secondary N) is 2. The second kappa shape index (κ2) is 5.69. The monoisotopic (exact) mass is 276 g/mol. The Kier molecular flexibility index (Phi) is 3.99. The predicted octanol–water partition coefficient (Wildman–Crippen LogP) is 2.58. The van der Waals surface area contributed by atoms with Crippen molar-refractivity contribution in [2.24, 2.45) is 5.84 Å². The van der Waals surface area contributed by atoms with Crippen molar-refractivity contribution in [2.45, 2.75) is 6.92 Å². The molecule has 19 heavy (non-hydrogen) atoms. The van der Waals surface area contributed by atoms with Crippen LogP contribution in [0.4, 0.5) is 11.5 Å². The van der Waals surface area contributed by atoms with Crippen LogP contribution >= 0.6 is 11.6 Å². The average molecular weight is 277 g/mol. The van der Waals surface area contributed by atoms with Crippen LogP contribution in [-0.4, -0.2) is 10.9 Å². The molecule has 0 saturated carbocycles. The maximum Gasteiger partial charge on any atom is 0.257 e. The summed E-state index contributed by atoms with van der Waals surface area (Å²) < 4.78 is 0. The summed E-state index contributed by atoms with van der Waals surface area (Å²) in [6.07, 6.45) is 1.44. The number of rotatable bonds is 3. The van der Waals surface area contributed by atoms with Gasteiger partial charge < -0.3 is 10.7 Å². The summed E-state index contributed by atoms with van der Waals surface area (Å²) in [4.78, 5) is 16.0. The van der Waals surface area contributed by atoms with Crippen LogP contribution < -0.4 is 16.6 Å². The third kappa shape index (κ3) is 3.21. The molecule has 2 aromatic rings. The molecule has 5 nitrogen and oxygen atoms in total. The molecule has 1 aromatic carbocycles. The Hall–Kier alpha value is -2.11. The fourth-order valence-electron chi connectivity index (χ4n) is 1.53. The van der Waals surface area contributed by atoms with Crippen LogP contribution in [-0.2, 0) is 0 Å². The number of anilines is 2. The number of carbonyl (C=O) groups excluding carboxylic acids is 1. The number of aryl methyl sites for hydroxylation is 1. The van der Waals surface area contributed by atoms with Crippen LogP contribution in [0.15, 0.2) is 36.5 Å². The number of benzene rings is 1. The first-order valence-corrected chi connectivity index (χ1v) is 5.98. The molecule has 0 saturated heterocycles. The summed E-state index contributed by atoms with van der Waals surface area (Å²) in [7, 11) is 0. The van der Waals surface area contributed by atoms with Gasteiger partial charge in [-0.1, -0.05) is 17.7 Å². The Morgan fingerprint density at radius 2 is 2.11 bits per heavy atom. The van der Waals surface area contributed by atoms with Crippen LogP contribution in [0.3, 0.4) is 0 Å². The maximum absolute atomic E-state index is 12.0. The van der Waals surface area contributed by atoms with Gasteiger partial charge in [-0.15, -0.1) is 0 Å². The molecule has 1 aromatic heterocycles. The largest absolute Gasteiger partial charge is 0.321 e. The van der Waals surface area contributed by atoms with E-state index in [-0.39, 0.29) is 5.91 Å². The zero-order valence-corrected chi connectivity index (χ0v) is 11.0. The Balaban J connectivity index is 2.15. The number of hydrazine groups is 1. The fourth-order valence-corrected chi connectivity index (χ4v) is 1.81. The highest BCUT2D eigenvalue weighted by Crippen LogP contribution is 2.23. The van der Waals surface area contributed by atoms with E-state index in [0.29, 0.717) is 22.1 Å². The Morgan fingerprint density at radius 1 is 1.32 bits per heavy atom. The van der Waals surface area contributed by atoms with E-state index in [4.69, 9.17) is 17.4 Å². The standard InChI is InChI=1S/C13H13ClN4O/c1-8-2-4-11(10(14)6-8)17-13(19)9-3-5-12(18-15)16-7-9/h2-7H,15H2,1H3,(H,16,18)(H,17,19). The number of halogens is 1. The lowest BCUT2D eigenvalue weighted by atomic mass is 10.2. The molecule has 4 N–H and O–H groups in total. The molecule has 0 aliphatic rings. The highest BCUT2D eigenvalue weighted by Gasteiger charge is 2.09. The number of aromatic nitrogens is 1. The third-order valence-corrected chi connectivity index (χ3v) is 2.86. The van der Waals surface area contributed by atoms with Crippen molar-refractivity contribution in [1.29, 1.82) is 0 Å². The van der Waals surface area contributed by atoms with E-state index in [2.05, 4.69) is 15.7 Å². The summed E-state index contributed by atoms with van der Waals surface area (Å²) in [6.45, 7) is 1.93. The Labute approximate surface area is 115 Å². The van der Waals surface area contributed by atoms with Gasteiger partial charge in [0.2, 0.25) is 0 Å². The molecule has 0 bridgehead atoms. The minimum Gasteiger partial charge on any atom is -0.321 e. The highest BCUT2D eigenvalue weighted by molar-refractivity contribution is 6.34. The summed E-state index contributed by atoms with van der Waals surface area (Å²) in [5, 5.41) is 3.23. The van der Waals surface area contributed by atoms with Gasteiger partial charge in [0, 0.05) is 6.20 Å². The lowest BCUT2D eigenvalue weighted by molar-refractivity contribution is 0.102. The van der Waals surface area contributed by atoms with E-state index in [1.807, 2.05) is 13.0 Å². The van der Waals surface area contributed by atoms with E-state index in [1.165, 1.54) is 6.20 Å². The molecule has 0 radical (unpaired) electrons. The molecule has 0 atom stereocenters. The van der Waals surface area contributed by atoms with Gasteiger partial charge in [-0.2, -0.15) is 0 Å². The first-order valence-electron chi connectivity index (χ1n) is 5.60. The van der Waals surface area contributed by atoms with Crippen molar-refractivity contribution in [1.82, 2.24) is 4.98 Å². The number of nitrogens with two attached hydrogens (primary N) is 1. The minimum absolute atomic E-state index is 0.276. The van der Waals surface area contributed by atoms with Crippen molar-refractivity contribution in [3.8, 4) is 0 Å². The fraction of sp³-hybridized carbons (Fsp3) is 0.0769. The molecule has 0 aliphatic heterocycles. The Morgan fingerprint density at radius 3 is 2.68 bits per heavy atom. The normalized spacial score (nSPS) is 10.1. The highest BCUT2D eigenvalue weighted by atomic mass is 35.5. The number of pyridine rings is 1. The summed E-state index contributed by atoms with van der Waals surface area (Å²) >= 11 is 6.05.